The van der Waals surface area contributed by atoms with Gasteiger partial charge >= 0.3 is 5.97 Å². The fraction of sp³-hybridized carbons (Fsp3) is 0.182. The van der Waals surface area contributed by atoms with E-state index < -0.39 is 5.97 Å². The molecule has 0 bridgehead atoms. The molecule has 1 heterocycles. The number of aryl methyl sites for hydroxylation is 2. The van der Waals surface area contributed by atoms with Crippen LogP contribution in [-0.2, 0) is 16.1 Å². The highest BCUT2D eigenvalue weighted by atomic mass is 16.5. The van der Waals surface area contributed by atoms with Crippen molar-refractivity contribution < 1.29 is 23.8 Å². The molecule has 0 aliphatic rings. The van der Waals surface area contributed by atoms with E-state index >= 15 is 0 Å². The Morgan fingerprint density at radius 3 is 2.68 bits per heavy atom. The molecule has 6 heteroatoms. The maximum Gasteiger partial charge on any atom is 0.339 e. The number of methoxy groups -OCH3 is 1. The van der Waals surface area contributed by atoms with Crippen LogP contribution in [0.4, 0.5) is 0 Å². The number of carbonyl (C=O) groups is 1. The van der Waals surface area contributed by atoms with Crippen LogP contribution in [0, 0.1) is 13.8 Å². The number of hydrogen-bond donors (Lipinski definition) is 1. The Kier molecular flexibility index (Phi) is 5.79. The Labute approximate surface area is 163 Å². The lowest BCUT2D eigenvalue weighted by molar-refractivity contribution is -0.130. The summed E-state index contributed by atoms with van der Waals surface area (Å²) in [6, 6.07) is 11.1. The van der Waals surface area contributed by atoms with E-state index in [1.807, 2.05) is 38.1 Å². The Balaban J connectivity index is 1.87. The minimum absolute atomic E-state index is 0.0790. The van der Waals surface area contributed by atoms with Gasteiger partial charge in [-0.05, 0) is 48.2 Å². The van der Waals surface area contributed by atoms with Crippen molar-refractivity contribution in [3.05, 3.63) is 77.5 Å². The van der Waals surface area contributed by atoms with Gasteiger partial charge in [0.25, 0.3) is 0 Å². The number of oxazole rings is 1. The molecule has 0 saturated carbocycles. The molecular formula is C22H21NO5. The van der Waals surface area contributed by atoms with Crippen molar-refractivity contribution in [2.45, 2.75) is 20.5 Å². The van der Waals surface area contributed by atoms with Gasteiger partial charge in [0.2, 0.25) is 0 Å². The van der Waals surface area contributed by atoms with Crippen LogP contribution in [0.2, 0.25) is 0 Å². The van der Waals surface area contributed by atoms with E-state index in [0.29, 0.717) is 11.3 Å². The van der Waals surface area contributed by atoms with Crippen molar-refractivity contribution in [1.29, 1.82) is 0 Å². The number of hydrogen-bond acceptors (Lipinski definition) is 5. The first-order valence-electron chi connectivity index (χ1n) is 8.68. The predicted octanol–water partition coefficient (Wildman–Crippen LogP) is 4.61. The molecule has 0 amide bonds. The largest absolute Gasteiger partial charge is 0.503 e. The van der Waals surface area contributed by atoms with E-state index in [1.54, 1.807) is 18.3 Å². The van der Waals surface area contributed by atoms with Gasteiger partial charge in [0.15, 0.2) is 12.2 Å². The van der Waals surface area contributed by atoms with Gasteiger partial charge in [-0.3, -0.25) is 0 Å². The molecule has 3 rings (SSSR count). The van der Waals surface area contributed by atoms with Crippen molar-refractivity contribution in [3.63, 3.8) is 0 Å². The van der Waals surface area contributed by atoms with Crippen molar-refractivity contribution in [2.24, 2.45) is 0 Å². The Morgan fingerprint density at radius 1 is 1.21 bits per heavy atom. The second-order valence-corrected chi connectivity index (χ2v) is 6.32. The van der Waals surface area contributed by atoms with Crippen molar-refractivity contribution in [3.8, 4) is 17.1 Å². The summed E-state index contributed by atoms with van der Waals surface area (Å²) in [6.45, 7) is 4.16. The second kappa shape index (κ2) is 8.43. The molecule has 1 aromatic heterocycles. The third kappa shape index (κ3) is 4.06. The Morgan fingerprint density at radius 2 is 2.00 bits per heavy atom. The zero-order chi connectivity index (χ0) is 20.1. The van der Waals surface area contributed by atoms with E-state index in [0.717, 1.165) is 28.0 Å². The third-order valence-corrected chi connectivity index (χ3v) is 4.38. The van der Waals surface area contributed by atoms with E-state index in [-0.39, 0.29) is 12.2 Å². The molecule has 6 nitrogen and oxygen atoms in total. The molecule has 0 atom stereocenters. The highest BCUT2D eigenvalue weighted by Gasteiger charge is 2.16. The average molecular weight is 379 g/mol. The van der Waals surface area contributed by atoms with Crippen molar-refractivity contribution in [2.75, 3.05) is 7.11 Å². The van der Waals surface area contributed by atoms with E-state index in [4.69, 9.17) is 13.9 Å². The molecule has 0 fully saturated rings. The van der Waals surface area contributed by atoms with Crippen molar-refractivity contribution in [1.82, 2.24) is 4.98 Å². The third-order valence-electron chi connectivity index (χ3n) is 4.38. The monoisotopic (exact) mass is 379 g/mol. The predicted molar refractivity (Wildman–Crippen MR) is 105 cm³/mol. The van der Waals surface area contributed by atoms with E-state index in [9.17, 15) is 9.90 Å². The molecular weight excluding hydrogens is 358 g/mol. The first kappa shape index (κ1) is 19.2. The summed E-state index contributed by atoms with van der Waals surface area (Å²) in [5.74, 6) is 0.370. The molecule has 0 aliphatic heterocycles. The van der Waals surface area contributed by atoms with Crippen LogP contribution in [0.25, 0.3) is 16.9 Å². The summed E-state index contributed by atoms with van der Waals surface area (Å²) in [5.41, 5.74) is 4.29. The lowest BCUT2D eigenvalue weighted by Crippen LogP contribution is -2.06. The van der Waals surface area contributed by atoms with Crippen LogP contribution in [0.3, 0.4) is 0 Å². The maximum absolute atomic E-state index is 11.6. The topological polar surface area (TPSA) is 81.8 Å². The summed E-state index contributed by atoms with van der Waals surface area (Å²) in [4.78, 5) is 15.5. The quantitative estimate of drug-likeness (QED) is 0.477. The first-order chi connectivity index (χ1) is 13.5. The van der Waals surface area contributed by atoms with Crippen LogP contribution in [0.1, 0.15) is 22.3 Å². The molecule has 1 N–H and O–H groups in total. The molecule has 0 aliphatic carbocycles. The van der Waals surface area contributed by atoms with Crippen LogP contribution >= 0.6 is 0 Å². The summed E-state index contributed by atoms with van der Waals surface area (Å²) < 4.78 is 16.3. The molecule has 0 saturated heterocycles. The normalized spacial score (nSPS) is 11.3. The highest BCUT2D eigenvalue weighted by Crippen LogP contribution is 2.31. The number of carboxylic acid groups (broad SMARTS) is 1. The van der Waals surface area contributed by atoms with Crippen LogP contribution in [-0.4, -0.2) is 23.2 Å². The van der Waals surface area contributed by atoms with Crippen LogP contribution < -0.4 is 4.74 Å². The minimum Gasteiger partial charge on any atom is -0.503 e. The summed E-state index contributed by atoms with van der Waals surface area (Å²) >= 11 is 0. The number of nitrogens with zero attached hydrogens (tertiary/aromatic N) is 1. The smallest absolute Gasteiger partial charge is 0.339 e. The number of aromatic nitrogens is 1. The maximum atomic E-state index is 11.6. The molecule has 3 aromatic rings. The zero-order valence-corrected chi connectivity index (χ0v) is 15.9. The van der Waals surface area contributed by atoms with Gasteiger partial charge in [-0.1, -0.05) is 24.3 Å². The van der Waals surface area contributed by atoms with Crippen LogP contribution in [0.5, 0.6) is 5.75 Å². The van der Waals surface area contributed by atoms with Gasteiger partial charge < -0.3 is 19.0 Å². The number of rotatable bonds is 7. The molecule has 144 valence electrons. The van der Waals surface area contributed by atoms with Gasteiger partial charge in [0.05, 0.1) is 19.6 Å². The zero-order valence-electron chi connectivity index (χ0n) is 15.9. The Hall–Kier alpha value is -3.54. The molecule has 0 spiro atoms. The minimum atomic E-state index is -1.06. The fourth-order valence-corrected chi connectivity index (χ4v) is 2.97. The molecule has 0 radical (unpaired) electrons. The van der Waals surface area contributed by atoms with Gasteiger partial charge in [-0.15, -0.1) is 0 Å². The first-order valence-corrected chi connectivity index (χ1v) is 8.68. The molecule has 2 aromatic carbocycles. The van der Waals surface area contributed by atoms with Gasteiger partial charge in [0, 0.05) is 5.56 Å². The average Bonchev–Trinajstić information content (AvgIpc) is 3.21. The lowest BCUT2D eigenvalue weighted by Gasteiger charge is -2.15. The Bertz CT molecular complexity index is 1010. The summed E-state index contributed by atoms with van der Waals surface area (Å²) in [6.07, 6.45) is 4.30. The van der Waals surface area contributed by atoms with E-state index in [1.165, 1.54) is 19.8 Å². The van der Waals surface area contributed by atoms with E-state index in [2.05, 4.69) is 4.98 Å². The van der Waals surface area contributed by atoms with Gasteiger partial charge in [0.1, 0.15) is 17.9 Å². The highest BCUT2D eigenvalue weighted by molar-refractivity contribution is 6.15. The van der Waals surface area contributed by atoms with Crippen LogP contribution in [0.15, 0.2) is 59.7 Å². The standard InChI is InChI=1S/C22H21NO5/c1-14-9-20(15(2)8-18(14)21-10-23-13-28-21)27-11-16-6-4-5-7-17(16)19(12-26-3)22(24)25/h4-10,12-13H,11H2,1-3H3,(H,24,25). The number of ether oxygens (including phenoxy) is 2. The molecule has 0 unspecified atom stereocenters. The molecule has 28 heavy (non-hydrogen) atoms. The number of benzene rings is 2. The fourth-order valence-electron chi connectivity index (χ4n) is 2.97. The summed E-state index contributed by atoms with van der Waals surface area (Å²) in [5, 5.41) is 9.47. The second-order valence-electron chi connectivity index (χ2n) is 6.32. The SMILES string of the molecule is COC=C(C(=O)O)c1ccccc1COc1cc(C)c(-c2cnco2)cc1C. The number of aliphatic carboxylic acids is 1. The lowest BCUT2D eigenvalue weighted by atomic mass is 10.0. The van der Waals surface area contributed by atoms with Gasteiger partial charge in [-0.25, -0.2) is 9.78 Å². The van der Waals surface area contributed by atoms with Gasteiger partial charge in [-0.2, -0.15) is 0 Å². The van der Waals surface area contributed by atoms with Crippen molar-refractivity contribution >= 4 is 11.5 Å². The number of carboxylic acids is 1. The summed E-state index contributed by atoms with van der Waals surface area (Å²) in [7, 11) is 1.42.